The topological polar surface area (TPSA) is 95.4 Å². The van der Waals surface area contributed by atoms with E-state index in [4.69, 9.17) is 0 Å². The average molecular weight is 434 g/mol. The largest absolute Gasteiger partial charge is 0.353 e. The fraction of sp³-hybridized carbons (Fsp3) is 0.304. The van der Waals surface area contributed by atoms with E-state index < -0.39 is 0 Å². The third-order valence-electron chi connectivity index (χ3n) is 5.32. The number of rotatable bonds is 7. The molecule has 9 nitrogen and oxygen atoms in total. The molecule has 1 aliphatic rings. The van der Waals surface area contributed by atoms with Gasteiger partial charge in [0.2, 0.25) is 5.91 Å². The van der Waals surface area contributed by atoms with Crippen LogP contribution in [-0.2, 0) is 11.3 Å². The average Bonchev–Trinajstić information content (AvgIpc) is 3.33. The molecule has 3 heterocycles. The van der Waals surface area contributed by atoms with Gasteiger partial charge in [0.05, 0.1) is 6.54 Å². The van der Waals surface area contributed by atoms with Crippen LogP contribution in [0.3, 0.4) is 0 Å². The van der Waals surface area contributed by atoms with E-state index in [0.29, 0.717) is 25.3 Å². The smallest absolute Gasteiger partial charge is 0.319 e. The molecule has 9 heteroatoms. The summed E-state index contributed by atoms with van der Waals surface area (Å²) in [5.41, 5.74) is 1.73. The molecule has 4 rings (SSSR count). The lowest BCUT2D eigenvalue weighted by molar-refractivity contribution is -0.131. The summed E-state index contributed by atoms with van der Waals surface area (Å²) in [5.74, 6) is 0.985. The lowest BCUT2D eigenvalue weighted by Gasteiger charge is -2.35. The van der Waals surface area contributed by atoms with Gasteiger partial charge in [-0.05, 0) is 35.9 Å². The van der Waals surface area contributed by atoms with Crippen molar-refractivity contribution < 1.29 is 9.59 Å². The van der Waals surface area contributed by atoms with Crippen molar-refractivity contribution in [1.82, 2.24) is 25.0 Å². The number of amides is 3. The van der Waals surface area contributed by atoms with Crippen LogP contribution in [0.15, 0.2) is 67.1 Å². The van der Waals surface area contributed by atoms with Crippen molar-refractivity contribution >= 4 is 23.4 Å². The van der Waals surface area contributed by atoms with Gasteiger partial charge in [0, 0.05) is 63.4 Å². The number of urea groups is 1. The third-order valence-corrected chi connectivity index (χ3v) is 5.32. The zero-order valence-electron chi connectivity index (χ0n) is 17.9. The summed E-state index contributed by atoms with van der Waals surface area (Å²) in [4.78, 5) is 33.1. The first kappa shape index (κ1) is 21.4. The second-order valence-corrected chi connectivity index (χ2v) is 7.59. The van der Waals surface area contributed by atoms with Gasteiger partial charge in [-0.1, -0.05) is 18.2 Å². The Labute approximate surface area is 187 Å². The number of nitrogens with one attached hydrogen (secondary N) is 2. The number of aromatic nitrogens is 3. The maximum atomic E-state index is 12.5. The van der Waals surface area contributed by atoms with Crippen molar-refractivity contribution in [3.05, 3.63) is 72.7 Å². The minimum atomic E-state index is -0.325. The number of hydrogen-bond donors (Lipinski definition) is 2. The maximum Gasteiger partial charge on any atom is 0.319 e. The molecule has 3 aromatic rings. The SMILES string of the molecule is O=C(NCCC(=O)N1CCN(c2ccccn2)CC1)Nc1cccc(Cn2cccn2)c1. The van der Waals surface area contributed by atoms with E-state index in [0.717, 1.165) is 24.5 Å². The first-order valence-corrected chi connectivity index (χ1v) is 10.7. The molecule has 0 saturated carbocycles. The molecule has 0 bridgehead atoms. The van der Waals surface area contributed by atoms with E-state index in [9.17, 15) is 9.59 Å². The number of nitrogens with zero attached hydrogens (tertiary/aromatic N) is 5. The van der Waals surface area contributed by atoms with E-state index >= 15 is 0 Å². The van der Waals surface area contributed by atoms with Crippen LogP contribution in [0.5, 0.6) is 0 Å². The highest BCUT2D eigenvalue weighted by Crippen LogP contribution is 2.13. The fourth-order valence-electron chi connectivity index (χ4n) is 3.67. The summed E-state index contributed by atoms with van der Waals surface area (Å²) < 4.78 is 1.82. The number of carbonyl (C=O) groups excluding carboxylic acids is 2. The number of pyridine rings is 1. The molecule has 0 aliphatic carbocycles. The predicted octanol–water partition coefficient (Wildman–Crippen LogP) is 2.19. The zero-order chi connectivity index (χ0) is 22.2. The molecule has 1 fully saturated rings. The summed E-state index contributed by atoms with van der Waals surface area (Å²) in [6, 6.07) is 15.0. The van der Waals surface area contributed by atoms with E-state index in [2.05, 4.69) is 25.6 Å². The van der Waals surface area contributed by atoms with Crippen molar-refractivity contribution in [1.29, 1.82) is 0 Å². The molecule has 0 atom stereocenters. The van der Waals surface area contributed by atoms with E-state index in [-0.39, 0.29) is 24.9 Å². The van der Waals surface area contributed by atoms with E-state index in [1.54, 1.807) is 12.4 Å². The normalized spacial score (nSPS) is 13.6. The summed E-state index contributed by atoms with van der Waals surface area (Å²) in [7, 11) is 0. The molecule has 32 heavy (non-hydrogen) atoms. The van der Waals surface area contributed by atoms with Gasteiger partial charge >= 0.3 is 6.03 Å². The zero-order valence-corrected chi connectivity index (χ0v) is 17.9. The lowest BCUT2D eigenvalue weighted by Crippen LogP contribution is -2.49. The van der Waals surface area contributed by atoms with Gasteiger partial charge < -0.3 is 20.4 Å². The summed E-state index contributed by atoms with van der Waals surface area (Å²) in [6.07, 6.45) is 5.68. The van der Waals surface area contributed by atoms with Gasteiger partial charge in [-0.3, -0.25) is 9.48 Å². The molecule has 1 aromatic carbocycles. The van der Waals surface area contributed by atoms with Crippen molar-refractivity contribution in [2.45, 2.75) is 13.0 Å². The number of benzene rings is 1. The fourth-order valence-corrected chi connectivity index (χ4v) is 3.67. The van der Waals surface area contributed by atoms with Crippen molar-refractivity contribution in [2.75, 3.05) is 42.9 Å². The van der Waals surface area contributed by atoms with Crippen LogP contribution in [0.1, 0.15) is 12.0 Å². The quantitative estimate of drug-likeness (QED) is 0.596. The Bertz CT molecular complexity index is 1020. The van der Waals surface area contributed by atoms with Crippen molar-refractivity contribution in [2.24, 2.45) is 0 Å². The van der Waals surface area contributed by atoms with Gasteiger partial charge in [-0.2, -0.15) is 5.10 Å². The molecule has 0 radical (unpaired) electrons. The van der Waals surface area contributed by atoms with Crippen LogP contribution >= 0.6 is 0 Å². The highest BCUT2D eigenvalue weighted by Gasteiger charge is 2.21. The highest BCUT2D eigenvalue weighted by molar-refractivity contribution is 5.89. The Morgan fingerprint density at radius 2 is 1.84 bits per heavy atom. The standard InChI is InChI=1S/C23H27N7O2/c31-22(29-15-13-28(14-16-29)21-7-1-2-9-24-21)8-11-25-23(32)27-20-6-3-5-19(17-20)18-30-12-4-10-26-30/h1-7,9-10,12,17H,8,11,13-16,18H2,(H2,25,27,32). The lowest BCUT2D eigenvalue weighted by atomic mass is 10.2. The molecule has 1 saturated heterocycles. The van der Waals surface area contributed by atoms with E-state index in [1.165, 1.54) is 0 Å². The Morgan fingerprint density at radius 3 is 2.59 bits per heavy atom. The van der Waals surface area contributed by atoms with Crippen LogP contribution in [0.4, 0.5) is 16.3 Å². The molecular formula is C23H27N7O2. The van der Waals surface area contributed by atoms with Crippen LogP contribution in [0, 0.1) is 0 Å². The molecule has 166 valence electrons. The summed E-state index contributed by atoms with van der Waals surface area (Å²) in [6.45, 7) is 3.75. The molecule has 0 unspecified atom stereocenters. The first-order chi connectivity index (χ1) is 15.7. The summed E-state index contributed by atoms with van der Waals surface area (Å²) in [5, 5.41) is 9.78. The second kappa shape index (κ2) is 10.4. The van der Waals surface area contributed by atoms with Crippen LogP contribution in [0.2, 0.25) is 0 Å². The first-order valence-electron chi connectivity index (χ1n) is 10.7. The van der Waals surface area contributed by atoms with E-state index in [1.807, 2.05) is 64.3 Å². The Kier molecular flexibility index (Phi) is 6.96. The third kappa shape index (κ3) is 5.84. The van der Waals surface area contributed by atoms with Gasteiger partial charge in [0.1, 0.15) is 5.82 Å². The number of anilines is 2. The molecule has 0 spiro atoms. The van der Waals surface area contributed by atoms with Gasteiger partial charge in [0.15, 0.2) is 0 Å². The number of carbonyl (C=O) groups is 2. The Balaban J connectivity index is 1.17. The van der Waals surface area contributed by atoms with Crippen molar-refractivity contribution in [3.63, 3.8) is 0 Å². The molecule has 3 amide bonds. The van der Waals surface area contributed by atoms with Gasteiger partial charge in [0.25, 0.3) is 0 Å². The Morgan fingerprint density at radius 1 is 0.969 bits per heavy atom. The van der Waals surface area contributed by atoms with Crippen LogP contribution in [-0.4, -0.2) is 64.3 Å². The molecule has 2 aromatic heterocycles. The second-order valence-electron chi connectivity index (χ2n) is 7.59. The highest BCUT2D eigenvalue weighted by atomic mass is 16.2. The summed E-state index contributed by atoms with van der Waals surface area (Å²) >= 11 is 0. The number of piperazine rings is 1. The van der Waals surface area contributed by atoms with Crippen LogP contribution in [0.25, 0.3) is 0 Å². The Hall–Kier alpha value is -3.88. The van der Waals surface area contributed by atoms with Gasteiger partial charge in [-0.15, -0.1) is 0 Å². The predicted molar refractivity (Wildman–Crippen MR) is 122 cm³/mol. The van der Waals surface area contributed by atoms with Crippen LogP contribution < -0.4 is 15.5 Å². The maximum absolute atomic E-state index is 12.5. The van der Waals surface area contributed by atoms with Crippen molar-refractivity contribution in [3.8, 4) is 0 Å². The number of hydrogen-bond acceptors (Lipinski definition) is 5. The molecule has 2 N–H and O–H groups in total. The van der Waals surface area contributed by atoms with Gasteiger partial charge in [-0.25, -0.2) is 9.78 Å². The molecule has 1 aliphatic heterocycles. The minimum Gasteiger partial charge on any atom is -0.353 e. The minimum absolute atomic E-state index is 0.0483. The monoisotopic (exact) mass is 433 g/mol. The molecular weight excluding hydrogens is 406 g/mol.